The number of nitrogens with zero attached hydrogens (tertiary/aromatic N) is 2. The number of rotatable bonds is 4. The molecule has 1 aliphatic rings. The molecule has 5 nitrogen and oxygen atoms in total. The van der Waals surface area contributed by atoms with Gasteiger partial charge in [0.1, 0.15) is 0 Å². The van der Waals surface area contributed by atoms with E-state index in [-0.39, 0.29) is 24.9 Å². The van der Waals surface area contributed by atoms with Crippen LogP contribution in [0.25, 0.3) is 0 Å². The molecule has 0 radical (unpaired) electrons. The molecule has 1 aliphatic heterocycles. The van der Waals surface area contributed by atoms with Gasteiger partial charge in [-0.2, -0.15) is 0 Å². The fraction of sp³-hybridized carbons (Fsp3) is 0.778. The molecule has 1 saturated heterocycles. The number of amides is 2. The lowest BCUT2D eigenvalue weighted by Crippen LogP contribution is -2.52. The third-order valence-electron chi connectivity index (χ3n) is 2.36. The molecule has 80 valence electrons. The summed E-state index contributed by atoms with van der Waals surface area (Å²) in [4.78, 5) is 25.8. The Morgan fingerprint density at radius 3 is 2.57 bits per heavy atom. The Hall–Kier alpha value is -1.10. The Morgan fingerprint density at radius 2 is 1.93 bits per heavy atom. The predicted molar refractivity (Wildman–Crippen MR) is 52.5 cm³/mol. The molecular formula is C9H17N3O2. The van der Waals surface area contributed by atoms with E-state index < -0.39 is 0 Å². The number of likely N-dealkylation sites (N-methyl/N-ethyl adjacent to an activating group) is 1. The molecule has 2 amide bonds. The van der Waals surface area contributed by atoms with Crippen molar-refractivity contribution in [3.8, 4) is 0 Å². The fourth-order valence-corrected chi connectivity index (χ4v) is 1.41. The lowest BCUT2D eigenvalue weighted by molar-refractivity contribution is -0.148. The van der Waals surface area contributed by atoms with Crippen LogP contribution < -0.4 is 5.73 Å². The van der Waals surface area contributed by atoms with E-state index in [1.807, 2.05) is 0 Å². The zero-order chi connectivity index (χ0) is 10.6. The molecule has 0 aromatic rings. The molecule has 1 rings (SSSR count). The zero-order valence-corrected chi connectivity index (χ0v) is 8.53. The van der Waals surface area contributed by atoms with Gasteiger partial charge in [-0.1, -0.05) is 0 Å². The maximum absolute atomic E-state index is 11.4. The number of piperazine rings is 1. The summed E-state index contributed by atoms with van der Waals surface area (Å²) in [7, 11) is 1.65. The monoisotopic (exact) mass is 199 g/mol. The van der Waals surface area contributed by atoms with Gasteiger partial charge in [0.15, 0.2) is 0 Å². The maximum atomic E-state index is 11.4. The molecule has 2 N–H and O–H groups in total. The van der Waals surface area contributed by atoms with Crippen molar-refractivity contribution < 1.29 is 9.59 Å². The van der Waals surface area contributed by atoms with Crippen LogP contribution in [0.2, 0.25) is 0 Å². The van der Waals surface area contributed by atoms with Gasteiger partial charge in [0, 0.05) is 13.6 Å². The summed E-state index contributed by atoms with van der Waals surface area (Å²) in [5.41, 5.74) is 5.35. The normalized spacial score (nSPS) is 17.9. The first-order valence-corrected chi connectivity index (χ1v) is 4.87. The molecule has 14 heavy (non-hydrogen) atoms. The highest BCUT2D eigenvalue weighted by Gasteiger charge is 2.26. The first-order chi connectivity index (χ1) is 6.65. The van der Waals surface area contributed by atoms with Gasteiger partial charge < -0.3 is 15.5 Å². The second-order valence-electron chi connectivity index (χ2n) is 3.56. The molecule has 0 aromatic carbocycles. The van der Waals surface area contributed by atoms with E-state index in [1.54, 1.807) is 11.9 Å². The molecule has 0 atom stereocenters. The summed E-state index contributed by atoms with van der Waals surface area (Å²) < 4.78 is 0. The number of nitrogens with two attached hydrogens (primary N) is 1. The standard InChI is InChI=1S/C9H17N3O2/c1-11-6-9(14)12(7-8(11)13)5-3-2-4-10/h2-7,10H2,1H3. The molecule has 0 unspecified atom stereocenters. The van der Waals surface area contributed by atoms with E-state index in [1.165, 1.54) is 4.90 Å². The second kappa shape index (κ2) is 4.95. The SMILES string of the molecule is CN1CC(=O)N(CCCCN)CC1=O. The molecule has 0 spiro atoms. The fourth-order valence-electron chi connectivity index (χ4n) is 1.41. The van der Waals surface area contributed by atoms with E-state index in [0.717, 1.165) is 12.8 Å². The third-order valence-corrected chi connectivity index (χ3v) is 2.36. The van der Waals surface area contributed by atoms with Crippen LogP contribution in [0.4, 0.5) is 0 Å². The Bertz CT molecular complexity index is 230. The summed E-state index contributed by atoms with van der Waals surface area (Å²) in [5, 5.41) is 0. The summed E-state index contributed by atoms with van der Waals surface area (Å²) in [6.07, 6.45) is 1.77. The van der Waals surface area contributed by atoms with Crippen molar-refractivity contribution in [2.24, 2.45) is 5.73 Å². The molecular weight excluding hydrogens is 182 g/mol. The summed E-state index contributed by atoms with van der Waals surface area (Å²) in [5.74, 6) is 0.0430. The van der Waals surface area contributed by atoms with E-state index in [2.05, 4.69) is 0 Å². The Morgan fingerprint density at radius 1 is 1.21 bits per heavy atom. The van der Waals surface area contributed by atoms with Crippen LogP contribution >= 0.6 is 0 Å². The average Bonchev–Trinajstić information content (AvgIpc) is 2.14. The van der Waals surface area contributed by atoms with Crippen molar-refractivity contribution in [2.45, 2.75) is 12.8 Å². The minimum Gasteiger partial charge on any atom is -0.335 e. The van der Waals surface area contributed by atoms with Gasteiger partial charge in [-0.3, -0.25) is 9.59 Å². The number of unbranched alkanes of at least 4 members (excludes halogenated alkanes) is 1. The second-order valence-corrected chi connectivity index (χ2v) is 3.56. The van der Waals surface area contributed by atoms with Crippen LogP contribution in [0, 0.1) is 0 Å². The van der Waals surface area contributed by atoms with Gasteiger partial charge >= 0.3 is 0 Å². The van der Waals surface area contributed by atoms with Crippen molar-refractivity contribution in [3.63, 3.8) is 0 Å². The van der Waals surface area contributed by atoms with E-state index in [0.29, 0.717) is 13.1 Å². The first kappa shape index (κ1) is 11.0. The topological polar surface area (TPSA) is 66.6 Å². The number of carbonyl (C=O) groups excluding carboxylic acids is 2. The van der Waals surface area contributed by atoms with E-state index >= 15 is 0 Å². The first-order valence-electron chi connectivity index (χ1n) is 4.87. The molecule has 1 heterocycles. The van der Waals surface area contributed by atoms with Crippen molar-refractivity contribution in [1.29, 1.82) is 0 Å². The number of hydrogen-bond acceptors (Lipinski definition) is 3. The molecule has 1 fully saturated rings. The summed E-state index contributed by atoms with van der Waals surface area (Å²) in [6.45, 7) is 1.72. The maximum Gasteiger partial charge on any atom is 0.242 e. The quantitative estimate of drug-likeness (QED) is 0.592. The smallest absolute Gasteiger partial charge is 0.242 e. The van der Waals surface area contributed by atoms with Crippen LogP contribution in [0.1, 0.15) is 12.8 Å². The van der Waals surface area contributed by atoms with Gasteiger partial charge in [0.05, 0.1) is 13.1 Å². The Labute approximate surface area is 83.8 Å². The zero-order valence-electron chi connectivity index (χ0n) is 8.53. The highest BCUT2D eigenvalue weighted by molar-refractivity contribution is 5.92. The lowest BCUT2D eigenvalue weighted by Gasteiger charge is -2.31. The largest absolute Gasteiger partial charge is 0.335 e. The van der Waals surface area contributed by atoms with Gasteiger partial charge in [0.25, 0.3) is 0 Å². The van der Waals surface area contributed by atoms with E-state index in [4.69, 9.17) is 5.73 Å². The summed E-state index contributed by atoms with van der Waals surface area (Å²) >= 11 is 0. The van der Waals surface area contributed by atoms with Crippen LogP contribution in [-0.2, 0) is 9.59 Å². The van der Waals surface area contributed by atoms with Crippen LogP contribution in [0.5, 0.6) is 0 Å². The van der Waals surface area contributed by atoms with Crippen LogP contribution in [0.15, 0.2) is 0 Å². The van der Waals surface area contributed by atoms with Crippen LogP contribution in [-0.4, -0.2) is 54.8 Å². The van der Waals surface area contributed by atoms with Crippen molar-refractivity contribution >= 4 is 11.8 Å². The van der Waals surface area contributed by atoms with Gasteiger partial charge in [-0.05, 0) is 19.4 Å². The molecule has 5 heteroatoms. The minimum absolute atomic E-state index is 0.0114. The van der Waals surface area contributed by atoms with Gasteiger partial charge in [0.2, 0.25) is 11.8 Å². The van der Waals surface area contributed by atoms with Crippen molar-refractivity contribution in [2.75, 3.05) is 33.2 Å². The van der Waals surface area contributed by atoms with Crippen molar-refractivity contribution in [3.05, 3.63) is 0 Å². The average molecular weight is 199 g/mol. The highest BCUT2D eigenvalue weighted by Crippen LogP contribution is 2.04. The highest BCUT2D eigenvalue weighted by atomic mass is 16.2. The van der Waals surface area contributed by atoms with Crippen LogP contribution in [0.3, 0.4) is 0 Å². The Balaban J connectivity index is 2.37. The summed E-state index contributed by atoms with van der Waals surface area (Å²) in [6, 6.07) is 0. The van der Waals surface area contributed by atoms with E-state index in [9.17, 15) is 9.59 Å². The van der Waals surface area contributed by atoms with Gasteiger partial charge in [-0.25, -0.2) is 0 Å². The number of carbonyl (C=O) groups is 2. The molecule has 0 saturated carbocycles. The lowest BCUT2D eigenvalue weighted by atomic mass is 10.2. The minimum atomic E-state index is 0.0114. The van der Waals surface area contributed by atoms with Gasteiger partial charge in [-0.15, -0.1) is 0 Å². The Kier molecular flexibility index (Phi) is 3.88. The molecule has 0 bridgehead atoms. The predicted octanol–water partition coefficient (Wildman–Crippen LogP) is -0.974. The molecule has 0 aromatic heterocycles. The van der Waals surface area contributed by atoms with Crippen molar-refractivity contribution in [1.82, 2.24) is 9.80 Å². The number of hydrogen-bond donors (Lipinski definition) is 1. The third kappa shape index (κ3) is 2.70. The molecule has 0 aliphatic carbocycles.